The summed E-state index contributed by atoms with van der Waals surface area (Å²) in [5.41, 5.74) is 6.34. The third-order valence-corrected chi connectivity index (χ3v) is 5.09. The van der Waals surface area contributed by atoms with Gasteiger partial charge in [-0.05, 0) is 25.7 Å². The minimum atomic E-state index is -0.574. The summed E-state index contributed by atoms with van der Waals surface area (Å²) in [5.74, 6) is -0.963. The zero-order valence-corrected chi connectivity index (χ0v) is 17.3. The van der Waals surface area contributed by atoms with Gasteiger partial charge in [0.05, 0.1) is 18.7 Å². The molecule has 1 aromatic carbocycles. The van der Waals surface area contributed by atoms with Crippen LogP contribution < -0.4 is 16.6 Å². The van der Waals surface area contributed by atoms with Crippen LogP contribution in [-0.4, -0.2) is 40.8 Å². The highest BCUT2D eigenvalue weighted by Crippen LogP contribution is 2.25. The molecule has 3 rings (SSSR count). The molecule has 1 aliphatic rings. The van der Waals surface area contributed by atoms with Crippen LogP contribution in [0.25, 0.3) is 11.3 Å². The number of benzene rings is 1. The van der Waals surface area contributed by atoms with Gasteiger partial charge in [0.1, 0.15) is 5.84 Å². The first-order valence-electron chi connectivity index (χ1n) is 9.32. The maximum atomic E-state index is 12.6. The number of methoxy groups -OCH3 is 1. The predicted octanol–water partition coefficient (Wildman–Crippen LogP) is 1.60. The Morgan fingerprint density at radius 1 is 1.20 bits per heavy atom. The van der Waals surface area contributed by atoms with Gasteiger partial charge >= 0.3 is 5.97 Å². The van der Waals surface area contributed by atoms with Crippen molar-refractivity contribution >= 4 is 30.1 Å². The highest BCUT2D eigenvalue weighted by Gasteiger charge is 2.28. The molecule has 0 atom stereocenters. The first kappa shape index (κ1) is 23.1. The van der Waals surface area contributed by atoms with Crippen LogP contribution in [0.3, 0.4) is 0 Å². The Bertz CT molecular complexity index is 981. The smallest absolute Gasteiger partial charge is 0.308 e. The van der Waals surface area contributed by atoms with Crippen LogP contribution in [-0.2, 0) is 9.53 Å². The first-order valence-corrected chi connectivity index (χ1v) is 9.32. The third kappa shape index (κ3) is 5.24. The van der Waals surface area contributed by atoms with E-state index in [1.54, 1.807) is 24.3 Å². The fourth-order valence-electron chi connectivity index (χ4n) is 3.42. The van der Waals surface area contributed by atoms with Crippen molar-refractivity contribution in [1.29, 1.82) is 5.41 Å². The van der Waals surface area contributed by atoms with Crippen molar-refractivity contribution in [3.63, 3.8) is 0 Å². The maximum Gasteiger partial charge on any atom is 0.308 e. The topological polar surface area (TPSA) is 151 Å². The Kier molecular flexibility index (Phi) is 7.71. The number of carbonyl (C=O) groups is 2. The molecule has 9 nitrogen and oxygen atoms in total. The van der Waals surface area contributed by atoms with E-state index in [2.05, 4.69) is 15.3 Å². The summed E-state index contributed by atoms with van der Waals surface area (Å²) in [7, 11) is 1.37. The molecule has 1 heterocycles. The summed E-state index contributed by atoms with van der Waals surface area (Å²) in [6, 6.07) is 6.65. The minimum Gasteiger partial charge on any atom is -0.469 e. The molecule has 0 spiro atoms. The van der Waals surface area contributed by atoms with E-state index in [1.807, 2.05) is 0 Å². The number of nitrogens with two attached hydrogens (primary N) is 1. The standard InChI is InChI=1S/C20H23N5O4.ClH/c1-29-20(28)13-6-8-14(9-7-13)24-19(27)16-18(26)23-10-15(25-16)11-2-4-12(5-3-11)17(21)22;/h2-5,10,13-14H,6-9H2,1H3,(H3,21,22)(H,23,26)(H,24,27);1H/t13-,14-;. The largest absolute Gasteiger partial charge is 0.469 e. The summed E-state index contributed by atoms with van der Waals surface area (Å²) < 4.78 is 4.77. The van der Waals surface area contributed by atoms with Gasteiger partial charge in [0.2, 0.25) is 0 Å². The number of nitrogens with zero attached hydrogens (tertiary/aromatic N) is 1. The lowest BCUT2D eigenvalue weighted by atomic mass is 9.86. The fourth-order valence-corrected chi connectivity index (χ4v) is 3.42. The molecule has 1 fully saturated rings. The van der Waals surface area contributed by atoms with Crippen molar-refractivity contribution in [2.45, 2.75) is 31.7 Å². The molecule has 1 amide bonds. The Labute approximate surface area is 179 Å². The monoisotopic (exact) mass is 433 g/mol. The van der Waals surface area contributed by atoms with Crippen molar-refractivity contribution in [2.75, 3.05) is 7.11 Å². The number of aromatic amines is 1. The van der Waals surface area contributed by atoms with Crippen molar-refractivity contribution in [3.8, 4) is 11.3 Å². The second-order valence-corrected chi connectivity index (χ2v) is 7.00. The molecule has 10 heteroatoms. The number of aromatic nitrogens is 2. The number of H-pyrrole nitrogens is 1. The van der Waals surface area contributed by atoms with Crippen molar-refractivity contribution in [3.05, 3.63) is 52.1 Å². The third-order valence-electron chi connectivity index (χ3n) is 5.09. The number of nitrogens with one attached hydrogen (secondary N) is 3. The van der Waals surface area contributed by atoms with Gasteiger partial charge in [-0.15, -0.1) is 12.4 Å². The average molecular weight is 434 g/mol. The van der Waals surface area contributed by atoms with Crippen LogP contribution in [0.2, 0.25) is 0 Å². The summed E-state index contributed by atoms with van der Waals surface area (Å²) in [5, 5.41) is 10.3. The number of esters is 1. The lowest BCUT2D eigenvalue weighted by Crippen LogP contribution is -2.41. The average Bonchev–Trinajstić information content (AvgIpc) is 2.74. The maximum absolute atomic E-state index is 12.6. The number of ether oxygens (including phenoxy) is 1. The molecule has 0 saturated heterocycles. The zero-order valence-electron chi connectivity index (χ0n) is 16.4. The first-order chi connectivity index (χ1) is 13.9. The second-order valence-electron chi connectivity index (χ2n) is 7.00. The van der Waals surface area contributed by atoms with E-state index in [9.17, 15) is 14.4 Å². The SMILES string of the molecule is COC(=O)[C@H]1CC[C@H](NC(=O)c2nc(-c3ccc(C(=N)N)cc3)c[nH]c2=O)CC1.Cl. The number of halogens is 1. The molecule has 1 saturated carbocycles. The van der Waals surface area contributed by atoms with E-state index in [1.165, 1.54) is 13.3 Å². The molecule has 0 radical (unpaired) electrons. The van der Waals surface area contributed by atoms with Crippen LogP contribution in [0.5, 0.6) is 0 Å². The van der Waals surface area contributed by atoms with Gasteiger partial charge < -0.3 is 20.8 Å². The molecule has 2 aromatic rings. The summed E-state index contributed by atoms with van der Waals surface area (Å²) in [6.07, 6.45) is 3.96. The molecule has 1 aromatic heterocycles. The molecule has 0 aliphatic heterocycles. The van der Waals surface area contributed by atoms with Gasteiger partial charge in [-0.1, -0.05) is 24.3 Å². The second kappa shape index (κ2) is 10.0. The van der Waals surface area contributed by atoms with Crippen LogP contribution in [0, 0.1) is 11.3 Å². The molecule has 160 valence electrons. The van der Waals surface area contributed by atoms with E-state index in [0.717, 1.165) is 0 Å². The van der Waals surface area contributed by atoms with Crippen LogP contribution in [0.15, 0.2) is 35.3 Å². The number of amides is 1. The zero-order chi connectivity index (χ0) is 21.0. The van der Waals surface area contributed by atoms with E-state index in [4.69, 9.17) is 15.9 Å². The van der Waals surface area contributed by atoms with E-state index in [0.29, 0.717) is 42.5 Å². The Morgan fingerprint density at radius 3 is 2.40 bits per heavy atom. The number of hydrogen-bond acceptors (Lipinski definition) is 6. The molecule has 0 bridgehead atoms. The van der Waals surface area contributed by atoms with Crippen molar-refractivity contribution in [1.82, 2.24) is 15.3 Å². The number of rotatable bonds is 5. The minimum absolute atomic E-state index is 0. The van der Waals surface area contributed by atoms with Gasteiger partial charge in [-0.25, -0.2) is 4.98 Å². The van der Waals surface area contributed by atoms with Crippen molar-refractivity contribution in [2.24, 2.45) is 11.7 Å². The number of hydrogen-bond donors (Lipinski definition) is 4. The molecular weight excluding hydrogens is 410 g/mol. The van der Waals surface area contributed by atoms with Crippen LogP contribution in [0.4, 0.5) is 0 Å². The molecule has 1 aliphatic carbocycles. The highest BCUT2D eigenvalue weighted by atomic mass is 35.5. The Hall–Kier alpha value is -3.20. The number of carbonyl (C=O) groups excluding carboxylic acids is 2. The molecule has 5 N–H and O–H groups in total. The highest BCUT2D eigenvalue weighted by molar-refractivity contribution is 5.95. The fraction of sp³-hybridized carbons (Fsp3) is 0.350. The normalized spacial score (nSPS) is 18.0. The molecular formula is C20H24ClN5O4. The Morgan fingerprint density at radius 2 is 1.83 bits per heavy atom. The van der Waals surface area contributed by atoms with Gasteiger partial charge in [0.25, 0.3) is 11.5 Å². The lowest BCUT2D eigenvalue weighted by molar-refractivity contribution is -0.146. The van der Waals surface area contributed by atoms with Gasteiger partial charge in [0, 0.05) is 23.4 Å². The van der Waals surface area contributed by atoms with Crippen molar-refractivity contribution < 1.29 is 14.3 Å². The summed E-state index contributed by atoms with van der Waals surface area (Å²) in [4.78, 5) is 43.1. The summed E-state index contributed by atoms with van der Waals surface area (Å²) >= 11 is 0. The van der Waals surface area contributed by atoms with Gasteiger partial charge in [-0.2, -0.15) is 0 Å². The van der Waals surface area contributed by atoms with E-state index in [-0.39, 0.29) is 41.9 Å². The quantitative estimate of drug-likeness (QED) is 0.319. The lowest BCUT2D eigenvalue weighted by Gasteiger charge is -2.27. The number of amidine groups is 1. The molecule has 30 heavy (non-hydrogen) atoms. The van der Waals surface area contributed by atoms with E-state index >= 15 is 0 Å². The Balaban J connectivity index is 0.00000320. The van der Waals surface area contributed by atoms with Crippen LogP contribution in [0.1, 0.15) is 41.7 Å². The predicted molar refractivity (Wildman–Crippen MR) is 114 cm³/mol. The van der Waals surface area contributed by atoms with E-state index < -0.39 is 11.5 Å². The van der Waals surface area contributed by atoms with Gasteiger partial charge in [0.15, 0.2) is 5.69 Å². The number of nitrogen functional groups attached to an aromatic ring is 1. The molecule has 0 unspecified atom stereocenters. The van der Waals surface area contributed by atoms with Crippen LogP contribution >= 0.6 is 12.4 Å². The summed E-state index contributed by atoms with van der Waals surface area (Å²) in [6.45, 7) is 0. The van der Waals surface area contributed by atoms with Gasteiger partial charge in [-0.3, -0.25) is 19.8 Å².